The number of hydrogen-bond donors (Lipinski definition) is 2. The largest absolute Gasteiger partial charge is 0.326 e. The molecule has 0 saturated heterocycles. The molecule has 96 valence electrons. The van der Waals surface area contributed by atoms with Gasteiger partial charge in [0.2, 0.25) is 10.0 Å². The Kier molecular flexibility index (Phi) is 4.01. The average molecular weight is 279 g/mol. The third-order valence-electron chi connectivity index (χ3n) is 1.93. The van der Waals surface area contributed by atoms with Gasteiger partial charge < -0.3 is 4.98 Å². The minimum atomic E-state index is -3.64. The van der Waals surface area contributed by atoms with Crippen LogP contribution in [0.4, 0.5) is 0 Å². The van der Waals surface area contributed by atoms with E-state index in [0.29, 0.717) is 6.54 Å². The number of aromatic nitrogens is 1. The highest BCUT2D eigenvalue weighted by molar-refractivity contribution is 7.89. The molecule has 17 heavy (non-hydrogen) atoms. The van der Waals surface area contributed by atoms with E-state index in [1.54, 1.807) is 0 Å². The topological polar surface area (TPSA) is 79.0 Å². The van der Waals surface area contributed by atoms with E-state index in [4.69, 9.17) is 11.6 Å². The van der Waals surface area contributed by atoms with Crippen LogP contribution in [0.15, 0.2) is 22.0 Å². The van der Waals surface area contributed by atoms with Crippen molar-refractivity contribution < 1.29 is 8.42 Å². The molecule has 0 aliphatic carbocycles. The summed E-state index contributed by atoms with van der Waals surface area (Å²) in [7, 11) is -3.64. The number of hydrogen-bond acceptors (Lipinski definition) is 3. The second-order valence-electron chi connectivity index (χ2n) is 4.90. The van der Waals surface area contributed by atoms with E-state index in [-0.39, 0.29) is 15.3 Å². The Morgan fingerprint density at radius 1 is 1.41 bits per heavy atom. The van der Waals surface area contributed by atoms with E-state index >= 15 is 0 Å². The van der Waals surface area contributed by atoms with Crippen molar-refractivity contribution in [1.82, 2.24) is 9.71 Å². The number of halogens is 1. The Balaban J connectivity index is 2.98. The molecule has 0 radical (unpaired) electrons. The number of nitrogens with one attached hydrogen (secondary N) is 2. The van der Waals surface area contributed by atoms with Gasteiger partial charge in [-0.2, -0.15) is 0 Å². The molecular formula is C10H15ClN2O3S. The van der Waals surface area contributed by atoms with Gasteiger partial charge in [-0.25, -0.2) is 13.1 Å². The molecule has 1 aromatic heterocycles. The molecule has 0 unspecified atom stereocenters. The van der Waals surface area contributed by atoms with Crippen molar-refractivity contribution in [2.75, 3.05) is 6.54 Å². The molecular weight excluding hydrogens is 264 g/mol. The molecule has 0 aliphatic rings. The summed E-state index contributed by atoms with van der Waals surface area (Å²) < 4.78 is 26.2. The molecule has 0 fully saturated rings. The van der Waals surface area contributed by atoms with Gasteiger partial charge >= 0.3 is 0 Å². The summed E-state index contributed by atoms with van der Waals surface area (Å²) in [5, 5.41) is -0.149. The summed E-state index contributed by atoms with van der Waals surface area (Å²) in [4.78, 5) is 13.2. The van der Waals surface area contributed by atoms with Crippen LogP contribution in [-0.4, -0.2) is 19.9 Å². The first-order chi connectivity index (χ1) is 7.62. The van der Waals surface area contributed by atoms with Crippen molar-refractivity contribution >= 4 is 21.6 Å². The van der Waals surface area contributed by atoms with Crippen LogP contribution in [0.3, 0.4) is 0 Å². The predicted octanol–water partition coefficient (Wildman–Crippen LogP) is 1.35. The van der Waals surface area contributed by atoms with Crippen LogP contribution >= 0.6 is 11.6 Å². The summed E-state index contributed by atoms with van der Waals surface area (Å²) in [6.45, 7) is 6.03. The molecule has 1 heterocycles. The lowest BCUT2D eigenvalue weighted by molar-refractivity contribution is 0.407. The molecule has 0 aliphatic heterocycles. The van der Waals surface area contributed by atoms with Crippen LogP contribution in [0.5, 0.6) is 0 Å². The van der Waals surface area contributed by atoms with Crippen molar-refractivity contribution in [2.24, 2.45) is 5.41 Å². The fourth-order valence-electron chi connectivity index (χ4n) is 0.988. The third-order valence-corrected chi connectivity index (χ3v) is 3.60. The number of H-pyrrole nitrogens is 1. The Hall–Kier alpha value is -0.850. The molecule has 0 bridgehead atoms. The lowest BCUT2D eigenvalue weighted by Gasteiger charge is -2.18. The first-order valence-corrected chi connectivity index (χ1v) is 6.86. The van der Waals surface area contributed by atoms with Gasteiger partial charge in [0.25, 0.3) is 5.56 Å². The summed E-state index contributed by atoms with van der Waals surface area (Å²) in [6.07, 6.45) is 1.12. The fraction of sp³-hybridized carbons (Fsp3) is 0.500. The number of sulfonamides is 1. The van der Waals surface area contributed by atoms with E-state index < -0.39 is 15.6 Å². The SMILES string of the molecule is CC(C)(C)CNS(=O)(=O)c1c[nH]c(=O)c(Cl)c1. The standard InChI is InChI=1S/C10H15ClN2O3S/c1-10(2,3)6-13-17(15,16)7-4-8(11)9(14)12-5-7/h4-5,13H,6H2,1-3H3,(H,12,14). The lowest BCUT2D eigenvalue weighted by atomic mass is 9.98. The van der Waals surface area contributed by atoms with Crippen LogP contribution in [-0.2, 0) is 10.0 Å². The molecule has 2 N–H and O–H groups in total. The normalized spacial score (nSPS) is 12.7. The zero-order chi connectivity index (χ0) is 13.3. The quantitative estimate of drug-likeness (QED) is 0.876. The van der Waals surface area contributed by atoms with Crippen LogP contribution in [0.25, 0.3) is 0 Å². The second kappa shape index (κ2) is 4.80. The number of aromatic amines is 1. The summed E-state index contributed by atoms with van der Waals surface area (Å²) in [5.74, 6) is 0. The molecule has 0 amide bonds. The highest BCUT2D eigenvalue weighted by Gasteiger charge is 2.19. The zero-order valence-electron chi connectivity index (χ0n) is 9.87. The maximum absolute atomic E-state index is 11.9. The van der Waals surface area contributed by atoms with Gasteiger partial charge in [0.1, 0.15) is 5.02 Å². The minimum Gasteiger partial charge on any atom is -0.326 e. The van der Waals surface area contributed by atoms with Crippen molar-refractivity contribution in [1.29, 1.82) is 0 Å². The Labute approximate surface area is 105 Å². The van der Waals surface area contributed by atoms with Crippen molar-refractivity contribution in [3.63, 3.8) is 0 Å². The van der Waals surface area contributed by atoms with Gasteiger partial charge in [0, 0.05) is 12.7 Å². The fourth-order valence-corrected chi connectivity index (χ4v) is 2.50. The molecule has 0 aromatic carbocycles. The van der Waals surface area contributed by atoms with Gasteiger partial charge in [0.05, 0.1) is 4.90 Å². The van der Waals surface area contributed by atoms with Gasteiger partial charge in [-0.15, -0.1) is 0 Å². The van der Waals surface area contributed by atoms with E-state index in [1.807, 2.05) is 20.8 Å². The maximum Gasteiger partial charge on any atom is 0.266 e. The van der Waals surface area contributed by atoms with E-state index in [9.17, 15) is 13.2 Å². The van der Waals surface area contributed by atoms with Crippen LogP contribution in [0, 0.1) is 5.41 Å². The maximum atomic E-state index is 11.9. The second-order valence-corrected chi connectivity index (χ2v) is 7.07. The molecule has 1 aromatic rings. The molecule has 1 rings (SSSR count). The van der Waals surface area contributed by atoms with Gasteiger partial charge in [-0.3, -0.25) is 4.79 Å². The first-order valence-electron chi connectivity index (χ1n) is 5.00. The first kappa shape index (κ1) is 14.2. The monoisotopic (exact) mass is 278 g/mol. The summed E-state index contributed by atoms with van der Waals surface area (Å²) in [6, 6.07) is 1.13. The van der Waals surface area contributed by atoms with Gasteiger partial charge in [-0.1, -0.05) is 32.4 Å². The van der Waals surface area contributed by atoms with Crippen molar-refractivity contribution in [2.45, 2.75) is 25.7 Å². The highest BCUT2D eigenvalue weighted by Crippen LogP contribution is 2.14. The molecule has 0 saturated carbocycles. The Bertz CT molecular complexity index is 558. The van der Waals surface area contributed by atoms with Crippen molar-refractivity contribution in [3.05, 3.63) is 27.6 Å². The predicted molar refractivity (Wildman–Crippen MR) is 66.7 cm³/mol. The zero-order valence-corrected chi connectivity index (χ0v) is 11.4. The Morgan fingerprint density at radius 2 is 2.00 bits per heavy atom. The van der Waals surface area contributed by atoms with Gasteiger partial charge in [0.15, 0.2) is 0 Å². The van der Waals surface area contributed by atoms with E-state index in [0.717, 1.165) is 12.3 Å². The smallest absolute Gasteiger partial charge is 0.266 e. The lowest BCUT2D eigenvalue weighted by Crippen LogP contribution is -2.32. The average Bonchev–Trinajstić information content (AvgIpc) is 2.18. The molecule has 7 heteroatoms. The summed E-state index contributed by atoms with van der Waals surface area (Å²) in [5.41, 5.74) is -0.680. The minimum absolute atomic E-state index is 0.0497. The van der Waals surface area contributed by atoms with Crippen LogP contribution < -0.4 is 10.3 Å². The molecule has 0 atom stereocenters. The number of pyridine rings is 1. The molecule has 5 nitrogen and oxygen atoms in total. The van der Waals surface area contributed by atoms with Crippen LogP contribution in [0.2, 0.25) is 5.02 Å². The molecule has 0 spiro atoms. The third kappa shape index (κ3) is 4.14. The van der Waals surface area contributed by atoms with E-state index in [1.165, 1.54) is 0 Å². The summed E-state index contributed by atoms with van der Waals surface area (Å²) >= 11 is 5.57. The van der Waals surface area contributed by atoms with Gasteiger partial charge in [-0.05, 0) is 11.5 Å². The van der Waals surface area contributed by atoms with Crippen molar-refractivity contribution in [3.8, 4) is 0 Å². The highest BCUT2D eigenvalue weighted by atomic mass is 35.5. The Morgan fingerprint density at radius 3 is 2.47 bits per heavy atom. The van der Waals surface area contributed by atoms with Crippen LogP contribution in [0.1, 0.15) is 20.8 Å². The number of rotatable bonds is 3. The van der Waals surface area contributed by atoms with E-state index in [2.05, 4.69) is 9.71 Å².